The molecule has 3 heterocycles. The van der Waals surface area contributed by atoms with Gasteiger partial charge in [-0.25, -0.2) is 15.0 Å². The Morgan fingerprint density at radius 2 is 0.609 bits per heavy atom. The average Bonchev–Trinajstić information content (AvgIpc) is 3.89. The highest BCUT2D eigenvalue weighted by molar-refractivity contribution is 7.68. The van der Waals surface area contributed by atoms with Gasteiger partial charge in [0.15, 0.2) is 25.6 Å². The minimum absolute atomic E-state index is 0.515. The van der Waals surface area contributed by atoms with Gasteiger partial charge in [0, 0.05) is 43.3 Å². The van der Waals surface area contributed by atoms with Crippen LogP contribution in [0.1, 0.15) is 0 Å². The van der Waals surface area contributed by atoms with Crippen LogP contribution in [0.15, 0.2) is 231 Å². The molecule has 9 aromatic carbocycles. The van der Waals surface area contributed by atoms with Gasteiger partial charge in [0.05, 0.1) is 39.0 Å². The molecule has 0 amide bonds. The van der Waals surface area contributed by atoms with Crippen LogP contribution in [0.5, 0.6) is 5.75 Å². The third-order valence-corrected chi connectivity index (χ3v) is 13.8. The van der Waals surface area contributed by atoms with Crippen molar-refractivity contribution in [3.63, 3.8) is 0 Å². The van der Waals surface area contributed by atoms with Crippen LogP contribution in [0.3, 0.4) is 0 Å². The SMILES string of the molecule is c1ccc(P(Oc2ccccc2-c2nc(-c3ccccc3-n3c4ccccc4c4ccccc43)nc(-c3ccccc3-n3c4ccccc4c4ccccc43)n2)c2ccccc2)cc1. The molecule has 0 fully saturated rings. The largest absolute Gasteiger partial charge is 0.464 e. The first-order valence-electron chi connectivity index (χ1n) is 21.4. The number of hydrogen-bond donors (Lipinski definition) is 0. The maximum Gasteiger partial charge on any atom is 0.167 e. The molecule has 302 valence electrons. The van der Waals surface area contributed by atoms with Crippen molar-refractivity contribution in [2.24, 2.45) is 0 Å². The van der Waals surface area contributed by atoms with Gasteiger partial charge in [-0.1, -0.05) is 170 Å². The van der Waals surface area contributed by atoms with Crippen molar-refractivity contribution in [3.05, 3.63) is 231 Å². The summed E-state index contributed by atoms with van der Waals surface area (Å²) in [5.41, 5.74) is 8.90. The second-order valence-electron chi connectivity index (χ2n) is 15.6. The maximum atomic E-state index is 7.18. The summed E-state index contributed by atoms with van der Waals surface area (Å²) in [5.74, 6) is 2.31. The van der Waals surface area contributed by atoms with E-state index in [0.29, 0.717) is 23.2 Å². The van der Waals surface area contributed by atoms with Crippen molar-refractivity contribution in [2.75, 3.05) is 0 Å². The zero-order valence-electron chi connectivity index (χ0n) is 34.5. The van der Waals surface area contributed by atoms with Crippen molar-refractivity contribution in [1.29, 1.82) is 0 Å². The first kappa shape index (κ1) is 37.6. The number of aromatic nitrogens is 5. The zero-order chi connectivity index (χ0) is 42.4. The van der Waals surface area contributed by atoms with E-state index in [1.165, 1.54) is 21.5 Å². The molecule has 0 saturated heterocycles. The van der Waals surface area contributed by atoms with Crippen LogP contribution in [-0.4, -0.2) is 24.1 Å². The van der Waals surface area contributed by atoms with E-state index in [1.54, 1.807) is 0 Å². The number of nitrogens with zero attached hydrogens (tertiary/aromatic N) is 5. The first-order valence-corrected chi connectivity index (χ1v) is 22.6. The third kappa shape index (κ3) is 6.43. The van der Waals surface area contributed by atoms with Crippen molar-refractivity contribution < 1.29 is 4.52 Å². The molecular weight excluding hydrogens is 802 g/mol. The summed E-state index contributed by atoms with van der Waals surface area (Å²) in [4.78, 5) is 16.3. The van der Waals surface area contributed by atoms with Crippen molar-refractivity contribution >= 4 is 62.4 Å². The predicted octanol–water partition coefficient (Wildman–Crippen LogP) is 13.5. The van der Waals surface area contributed by atoms with Crippen LogP contribution < -0.4 is 15.1 Å². The van der Waals surface area contributed by atoms with Gasteiger partial charge in [-0.05, 0) is 60.7 Å². The Balaban J connectivity index is 1.11. The monoisotopic (exact) mass is 839 g/mol. The first-order chi connectivity index (χ1) is 31.8. The molecule has 0 aliphatic rings. The minimum atomic E-state index is -1.24. The standard InChI is InChI=1S/C57H38N5OP/c1-3-21-39(22-4-1)64(40-23-5-2-6-24-40)63-54-38-20-13-31-47(54)57-59-55(45-29-11-18-36-52(45)61-48-32-14-7-25-41(48)42-26-8-15-33-49(42)61)58-56(60-57)46-30-12-19-37-53(46)62-50-34-16-9-27-43(50)44-28-10-17-35-51(44)62/h1-38H. The highest BCUT2D eigenvalue weighted by Gasteiger charge is 2.24. The van der Waals surface area contributed by atoms with E-state index < -0.39 is 8.15 Å². The second kappa shape index (κ2) is 15.9. The lowest BCUT2D eigenvalue weighted by molar-refractivity contribution is 0.631. The Morgan fingerprint density at radius 3 is 1.03 bits per heavy atom. The number of para-hydroxylation sites is 7. The zero-order valence-corrected chi connectivity index (χ0v) is 35.4. The van der Waals surface area contributed by atoms with Gasteiger partial charge in [-0.3, -0.25) is 0 Å². The highest BCUT2D eigenvalue weighted by atomic mass is 31.1. The summed E-state index contributed by atoms with van der Waals surface area (Å²) < 4.78 is 11.8. The molecule has 12 aromatic rings. The van der Waals surface area contributed by atoms with E-state index in [4.69, 9.17) is 19.5 Å². The van der Waals surface area contributed by atoms with Gasteiger partial charge in [-0.15, -0.1) is 0 Å². The van der Waals surface area contributed by atoms with Crippen molar-refractivity contribution in [2.45, 2.75) is 0 Å². The minimum Gasteiger partial charge on any atom is -0.464 e. The Morgan fingerprint density at radius 1 is 0.297 bits per heavy atom. The molecule has 0 atom stereocenters. The van der Waals surface area contributed by atoms with E-state index in [-0.39, 0.29) is 0 Å². The average molecular weight is 840 g/mol. The predicted molar refractivity (Wildman–Crippen MR) is 265 cm³/mol. The van der Waals surface area contributed by atoms with Crippen LogP contribution in [-0.2, 0) is 0 Å². The lowest BCUT2D eigenvalue weighted by Gasteiger charge is -2.21. The Bertz CT molecular complexity index is 3350. The fourth-order valence-corrected chi connectivity index (χ4v) is 10.8. The summed E-state index contributed by atoms with van der Waals surface area (Å²) in [7, 11) is -1.24. The van der Waals surface area contributed by atoms with Gasteiger partial charge < -0.3 is 13.7 Å². The summed E-state index contributed by atoms with van der Waals surface area (Å²) in [6.07, 6.45) is 0. The topological polar surface area (TPSA) is 57.8 Å². The van der Waals surface area contributed by atoms with Crippen LogP contribution in [0.2, 0.25) is 0 Å². The summed E-state index contributed by atoms with van der Waals surface area (Å²) in [6.45, 7) is 0. The van der Waals surface area contributed by atoms with Crippen molar-refractivity contribution in [1.82, 2.24) is 24.1 Å². The molecule has 0 N–H and O–H groups in total. The van der Waals surface area contributed by atoms with E-state index in [1.807, 2.05) is 30.3 Å². The van der Waals surface area contributed by atoms with Gasteiger partial charge in [0.25, 0.3) is 0 Å². The molecule has 0 aliphatic heterocycles. The number of hydrogen-bond acceptors (Lipinski definition) is 4. The number of rotatable bonds is 9. The molecule has 0 spiro atoms. The molecule has 6 nitrogen and oxygen atoms in total. The van der Waals surface area contributed by atoms with E-state index >= 15 is 0 Å². The Kier molecular flexibility index (Phi) is 9.36. The Hall–Kier alpha value is -8.18. The maximum absolute atomic E-state index is 7.18. The Labute approximate surface area is 371 Å². The van der Waals surface area contributed by atoms with Crippen LogP contribution >= 0.6 is 8.15 Å². The molecule has 7 heteroatoms. The normalized spacial score (nSPS) is 11.6. The molecule has 3 aromatic heterocycles. The summed E-state index contributed by atoms with van der Waals surface area (Å²) >= 11 is 0. The van der Waals surface area contributed by atoms with Gasteiger partial charge >= 0.3 is 0 Å². The van der Waals surface area contributed by atoms with Crippen LogP contribution in [0.4, 0.5) is 0 Å². The summed E-state index contributed by atoms with van der Waals surface area (Å²) in [6, 6.07) is 80.2. The summed E-state index contributed by atoms with van der Waals surface area (Å²) in [5, 5.41) is 6.95. The second-order valence-corrected chi connectivity index (χ2v) is 17.4. The fourth-order valence-electron chi connectivity index (χ4n) is 9.03. The van der Waals surface area contributed by atoms with E-state index in [0.717, 1.165) is 60.7 Å². The van der Waals surface area contributed by atoms with Gasteiger partial charge in [-0.2, -0.15) is 0 Å². The molecule has 0 aliphatic carbocycles. The molecule has 0 saturated carbocycles. The van der Waals surface area contributed by atoms with Crippen molar-refractivity contribution in [3.8, 4) is 51.3 Å². The fraction of sp³-hybridized carbons (Fsp3) is 0. The molecule has 64 heavy (non-hydrogen) atoms. The molecule has 0 bridgehead atoms. The molecular formula is C57H38N5OP. The number of fused-ring (bicyclic) bond motifs is 6. The van der Waals surface area contributed by atoms with Gasteiger partial charge in [0.2, 0.25) is 0 Å². The lowest BCUT2D eigenvalue weighted by Crippen LogP contribution is -2.15. The highest BCUT2D eigenvalue weighted by Crippen LogP contribution is 2.43. The molecule has 12 rings (SSSR count). The molecule has 0 radical (unpaired) electrons. The number of benzene rings is 9. The molecule has 0 unspecified atom stereocenters. The quantitative estimate of drug-likeness (QED) is 0.136. The van der Waals surface area contributed by atoms with Crippen LogP contribution in [0, 0.1) is 0 Å². The van der Waals surface area contributed by atoms with E-state index in [9.17, 15) is 0 Å². The third-order valence-electron chi connectivity index (χ3n) is 11.9. The lowest BCUT2D eigenvalue weighted by atomic mass is 10.1. The van der Waals surface area contributed by atoms with Crippen LogP contribution in [0.25, 0.3) is 89.2 Å². The van der Waals surface area contributed by atoms with Gasteiger partial charge in [0.1, 0.15) is 5.75 Å². The smallest absolute Gasteiger partial charge is 0.167 e. The van der Waals surface area contributed by atoms with E-state index in [2.05, 4.69) is 209 Å².